The topological polar surface area (TPSA) is 126 Å². The first-order valence-corrected chi connectivity index (χ1v) is 13.1. The van der Waals surface area contributed by atoms with E-state index in [1.165, 1.54) is 36.4 Å². The van der Waals surface area contributed by atoms with Gasteiger partial charge in [-0.3, -0.25) is 4.79 Å². The number of amides is 2. The molecule has 0 bridgehead atoms. The number of hydrogen-bond donors (Lipinski definition) is 2. The Morgan fingerprint density at radius 2 is 1.88 bits per heavy atom. The molecule has 220 valence electrons. The van der Waals surface area contributed by atoms with Crippen molar-refractivity contribution in [3.8, 4) is 23.0 Å². The van der Waals surface area contributed by atoms with Crippen LogP contribution in [0, 0.1) is 17.2 Å². The molecular formula is C29H32F3N3O6. The number of rotatable bonds is 12. The summed E-state index contributed by atoms with van der Waals surface area (Å²) in [4.78, 5) is 29.5. The van der Waals surface area contributed by atoms with E-state index in [-0.39, 0.29) is 47.4 Å². The van der Waals surface area contributed by atoms with Gasteiger partial charge in [0.15, 0.2) is 29.1 Å². The molecule has 41 heavy (non-hydrogen) atoms. The second kappa shape index (κ2) is 12.5. The Kier molecular flexibility index (Phi) is 9.09. The summed E-state index contributed by atoms with van der Waals surface area (Å²) in [6, 6.07) is 10.1. The van der Waals surface area contributed by atoms with Crippen molar-refractivity contribution in [3.05, 3.63) is 65.3 Å². The molecule has 0 spiro atoms. The lowest BCUT2D eigenvalue weighted by Gasteiger charge is -2.24. The number of nitrogens with zero attached hydrogens (tertiary/aromatic N) is 1. The van der Waals surface area contributed by atoms with Crippen molar-refractivity contribution in [2.75, 3.05) is 6.61 Å². The number of nitrogens with one attached hydrogen (secondary N) is 1. The fraction of sp³-hybridized carbons (Fsp3) is 0.414. The summed E-state index contributed by atoms with van der Waals surface area (Å²) in [6.45, 7) is 2.79. The van der Waals surface area contributed by atoms with E-state index < -0.39 is 35.9 Å². The van der Waals surface area contributed by atoms with Crippen LogP contribution >= 0.6 is 0 Å². The van der Waals surface area contributed by atoms with Gasteiger partial charge >= 0.3 is 12.7 Å². The van der Waals surface area contributed by atoms with Crippen molar-refractivity contribution in [3.63, 3.8) is 0 Å². The van der Waals surface area contributed by atoms with Crippen LogP contribution < -0.4 is 20.5 Å². The highest BCUT2D eigenvalue weighted by atomic mass is 19.3. The number of alkyl halides is 2. The van der Waals surface area contributed by atoms with Crippen LogP contribution in [0.3, 0.4) is 0 Å². The van der Waals surface area contributed by atoms with Crippen LogP contribution in [0.1, 0.15) is 67.9 Å². The smallest absolute Gasteiger partial charge is 0.405 e. The highest BCUT2D eigenvalue weighted by molar-refractivity contribution is 5.94. The summed E-state index contributed by atoms with van der Waals surface area (Å²) < 4.78 is 61.8. The third-order valence-corrected chi connectivity index (χ3v) is 6.19. The average Bonchev–Trinajstić information content (AvgIpc) is 3.61. The molecule has 12 heteroatoms. The number of benzene rings is 2. The van der Waals surface area contributed by atoms with Gasteiger partial charge in [0.2, 0.25) is 5.89 Å². The Morgan fingerprint density at radius 1 is 1.15 bits per heavy atom. The van der Waals surface area contributed by atoms with Crippen LogP contribution in [-0.2, 0) is 11.3 Å². The molecule has 1 aliphatic rings. The molecule has 2 aromatic carbocycles. The monoisotopic (exact) mass is 575 g/mol. The van der Waals surface area contributed by atoms with E-state index in [1.54, 1.807) is 6.07 Å². The molecule has 1 aromatic heterocycles. The highest BCUT2D eigenvalue weighted by Gasteiger charge is 2.33. The van der Waals surface area contributed by atoms with Gasteiger partial charge in [0.1, 0.15) is 5.82 Å². The summed E-state index contributed by atoms with van der Waals surface area (Å²) in [7, 11) is 0. The summed E-state index contributed by atoms with van der Waals surface area (Å²) in [5, 5.41) is 2.61. The Balaban J connectivity index is 1.72. The Labute approximate surface area is 235 Å². The van der Waals surface area contributed by atoms with E-state index in [2.05, 4.69) is 15.0 Å². The van der Waals surface area contributed by atoms with E-state index in [4.69, 9.17) is 19.6 Å². The number of aromatic nitrogens is 1. The number of hydrogen-bond acceptors (Lipinski definition) is 7. The second-order valence-corrected chi connectivity index (χ2v) is 11.0. The summed E-state index contributed by atoms with van der Waals surface area (Å²) >= 11 is 0. The second-order valence-electron chi connectivity index (χ2n) is 11.0. The first-order chi connectivity index (χ1) is 19.4. The predicted octanol–water partition coefficient (Wildman–Crippen LogP) is 6.37. The lowest BCUT2D eigenvalue weighted by molar-refractivity contribution is -0.0515. The Morgan fingerprint density at radius 3 is 2.51 bits per heavy atom. The average molecular weight is 576 g/mol. The molecule has 0 unspecified atom stereocenters. The number of nitrogens with two attached hydrogens (primary N) is 1. The van der Waals surface area contributed by atoms with E-state index in [0.717, 1.165) is 12.8 Å². The maximum absolute atomic E-state index is 14.1. The third-order valence-electron chi connectivity index (χ3n) is 6.19. The zero-order valence-electron chi connectivity index (χ0n) is 22.9. The molecule has 1 aliphatic carbocycles. The van der Waals surface area contributed by atoms with Crippen LogP contribution in [0.15, 0.2) is 46.9 Å². The van der Waals surface area contributed by atoms with E-state index in [0.29, 0.717) is 18.1 Å². The molecule has 1 heterocycles. The zero-order chi connectivity index (χ0) is 29.7. The standard InChI is InChI=1S/C29H32F3N3O6/c1-29(2,3)13-22(40-28(33)37)24-23(25(36)34-14-18-6-4-5-7-19(18)30)35-26(41-24)17-10-11-20(39-27(31)32)21(12-17)38-15-16-8-9-16/h4-7,10-12,16,22,27H,8-9,13-15H2,1-3H3,(H2,33,37)(H,34,36)/t22-/m0/s1. The summed E-state index contributed by atoms with van der Waals surface area (Å²) in [5.41, 5.74) is 5.26. The molecule has 1 atom stereocenters. The van der Waals surface area contributed by atoms with Crippen LogP contribution in [0.2, 0.25) is 0 Å². The molecule has 9 nitrogen and oxygen atoms in total. The zero-order valence-corrected chi connectivity index (χ0v) is 22.9. The Hall–Kier alpha value is -4.22. The lowest BCUT2D eigenvalue weighted by Crippen LogP contribution is -2.27. The van der Waals surface area contributed by atoms with Gasteiger partial charge in [-0.25, -0.2) is 14.2 Å². The third kappa shape index (κ3) is 8.38. The fourth-order valence-electron chi connectivity index (χ4n) is 4.06. The Bertz CT molecular complexity index is 1380. The number of oxazole rings is 1. The van der Waals surface area contributed by atoms with Crippen molar-refractivity contribution in [1.29, 1.82) is 0 Å². The van der Waals surface area contributed by atoms with Crippen LogP contribution in [-0.4, -0.2) is 30.2 Å². The molecule has 0 aliphatic heterocycles. The molecule has 1 fully saturated rings. The normalized spacial score (nSPS) is 14.0. The molecule has 0 radical (unpaired) electrons. The molecule has 1 saturated carbocycles. The van der Waals surface area contributed by atoms with Crippen molar-refractivity contribution >= 4 is 12.0 Å². The molecule has 3 aromatic rings. The number of primary amides is 1. The van der Waals surface area contributed by atoms with E-state index >= 15 is 0 Å². The largest absolute Gasteiger partial charge is 0.489 e. The maximum atomic E-state index is 14.1. The van der Waals surface area contributed by atoms with Gasteiger partial charge in [-0.1, -0.05) is 39.0 Å². The maximum Gasteiger partial charge on any atom is 0.405 e. The summed E-state index contributed by atoms with van der Waals surface area (Å²) in [5.74, 6) is -1.13. The SMILES string of the molecule is CC(C)(C)C[C@H](OC(N)=O)c1oc(-c2ccc(OC(F)F)c(OCC3CC3)c2)nc1C(=O)NCc1ccccc1F. The number of ether oxygens (including phenoxy) is 3. The van der Waals surface area contributed by atoms with Crippen molar-refractivity contribution < 1.29 is 41.4 Å². The first kappa shape index (κ1) is 29.8. The predicted molar refractivity (Wildman–Crippen MR) is 142 cm³/mol. The minimum atomic E-state index is -3.06. The first-order valence-electron chi connectivity index (χ1n) is 13.1. The van der Waals surface area contributed by atoms with E-state index in [1.807, 2.05) is 20.8 Å². The quantitative estimate of drug-likeness (QED) is 0.257. The van der Waals surface area contributed by atoms with Crippen LogP contribution in [0.4, 0.5) is 18.0 Å². The summed E-state index contributed by atoms with van der Waals surface area (Å²) in [6.07, 6.45) is 0.00601. The minimum Gasteiger partial charge on any atom is -0.489 e. The van der Waals surface area contributed by atoms with Crippen LogP contribution in [0.25, 0.3) is 11.5 Å². The molecule has 2 amide bonds. The van der Waals surface area contributed by atoms with Gasteiger partial charge < -0.3 is 29.7 Å². The molecule has 0 saturated heterocycles. The number of carbonyl (C=O) groups is 2. The number of halogens is 3. The highest BCUT2D eigenvalue weighted by Crippen LogP contribution is 2.39. The van der Waals surface area contributed by atoms with Crippen molar-refractivity contribution in [2.24, 2.45) is 17.1 Å². The number of carbonyl (C=O) groups excluding carboxylic acids is 2. The van der Waals surface area contributed by atoms with Gasteiger partial charge in [0, 0.05) is 17.7 Å². The van der Waals surface area contributed by atoms with Crippen molar-refractivity contribution in [2.45, 2.75) is 59.3 Å². The van der Waals surface area contributed by atoms with E-state index in [9.17, 15) is 22.8 Å². The lowest BCUT2D eigenvalue weighted by atomic mass is 9.88. The minimum absolute atomic E-state index is 0.0552. The molecule has 4 rings (SSSR count). The van der Waals surface area contributed by atoms with Crippen LogP contribution in [0.5, 0.6) is 11.5 Å². The van der Waals surface area contributed by atoms with Gasteiger partial charge in [-0.15, -0.1) is 0 Å². The van der Waals surface area contributed by atoms with Gasteiger partial charge in [-0.05, 0) is 54.9 Å². The molecule has 3 N–H and O–H groups in total. The van der Waals surface area contributed by atoms with Crippen molar-refractivity contribution in [1.82, 2.24) is 10.3 Å². The van der Waals surface area contributed by atoms with Gasteiger partial charge in [0.05, 0.1) is 6.61 Å². The molecular weight excluding hydrogens is 543 g/mol. The van der Waals surface area contributed by atoms with Gasteiger partial charge in [0.25, 0.3) is 5.91 Å². The fourth-order valence-corrected chi connectivity index (χ4v) is 4.06. The van der Waals surface area contributed by atoms with Gasteiger partial charge in [-0.2, -0.15) is 8.78 Å².